The maximum Gasteiger partial charge on any atom is 0.271 e. The molecule has 0 saturated carbocycles. The highest BCUT2D eigenvalue weighted by Crippen LogP contribution is 2.02. The number of hydrogen-bond donors (Lipinski definition) is 2. The van der Waals surface area contributed by atoms with Gasteiger partial charge in [0.15, 0.2) is 5.69 Å². The first-order valence-electron chi connectivity index (χ1n) is 5.56. The molecule has 1 aromatic rings. The van der Waals surface area contributed by atoms with Crippen molar-refractivity contribution in [2.75, 3.05) is 38.8 Å². The first-order chi connectivity index (χ1) is 8.86. The van der Waals surface area contributed by atoms with Crippen molar-refractivity contribution in [3.05, 3.63) is 17.8 Å². The summed E-state index contributed by atoms with van der Waals surface area (Å²) in [7, 11) is 1.23. The van der Waals surface area contributed by atoms with Crippen LogP contribution in [-0.4, -0.2) is 62.3 Å². The molecule has 0 fully saturated rings. The molecule has 0 aliphatic rings. The van der Waals surface area contributed by atoms with Crippen LogP contribution in [-0.2, 0) is 10.0 Å². The highest BCUT2D eigenvalue weighted by Gasteiger charge is 2.13. The lowest BCUT2D eigenvalue weighted by atomic mass is 10.3. The Bertz CT molecular complexity index is 527. The number of rotatable bonds is 6. The molecule has 1 amide bonds. The maximum atomic E-state index is 11.5. The molecular weight excluding hydrogens is 270 g/mol. The molecule has 2 N–H and O–H groups in total. The minimum absolute atomic E-state index is 0.0428. The topological polar surface area (TPSA) is 104 Å². The van der Waals surface area contributed by atoms with Crippen molar-refractivity contribution < 1.29 is 13.2 Å². The summed E-state index contributed by atoms with van der Waals surface area (Å²) in [5.41, 5.74) is 0.203. The Kier molecular flexibility index (Phi) is 5.19. The largest absolute Gasteiger partial charge is 0.368 e. The predicted octanol–water partition coefficient (Wildman–Crippen LogP) is -0.860. The average Bonchev–Trinajstić information content (AvgIpc) is 2.38. The molecule has 8 nitrogen and oxygen atoms in total. The van der Waals surface area contributed by atoms with Gasteiger partial charge in [0.2, 0.25) is 10.0 Å². The van der Waals surface area contributed by atoms with Gasteiger partial charge in [-0.25, -0.2) is 12.7 Å². The summed E-state index contributed by atoms with van der Waals surface area (Å²) in [5.74, 6) is 0.0506. The van der Waals surface area contributed by atoms with Crippen LogP contribution in [0.5, 0.6) is 0 Å². The summed E-state index contributed by atoms with van der Waals surface area (Å²) >= 11 is 0. The van der Waals surface area contributed by atoms with Gasteiger partial charge in [0.1, 0.15) is 5.82 Å². The molecule has 0 radical (unpaired) electrons. The normalized spacial score (nSPS) is 11.4. The fraction of sp³-hybridized carbons (Fsp3) is 0.500. The zero-order chi connectivity index (χ0) is 14.5. The standard InChI is InChI=1S/C10H17N5O3S/c1-11-10(16)8-4-5-9(14-13-8)12-6-7-19(17,18)15(2)3/h4-5H,6-7H2,1-3H3,(H,11,16)(H,12,14). The fourth-order valence-corrected chi connectivity index (χ4v) is 1.89. The van der Waals surface area contributed by atoms with Crippen molar-refractivity contribution in [3.8, 4) is 0 Å². The lowest BCUT2D eigenvalue weighted by Gasteiger charge is -2.11. The molecule has 1 aromatic heterocycles. The van der Waals surface area contributed by atoms with Crippen molar-refractivity contribution in [1.29, 1.82) is 0 Å². The van der Waals surface area contributed by atoms with E-state index in [0.29, 0.717) is 5.82 Å². The van der Waals surface area contributed by atoms with Gasteiger partial charge in [-0.1, -0.05) is 0 Å². The Morgan fingerprint density at radius 1 is 1.32 bits per heavy atom. The minimum Gasteiger partial charge on any atom is -0.368 e. The van der Waals surface area contributed by atoms with E-state index in [1.165, 1.54) is 27.2 Å². The van der Waals surface area contributed by atoms with Crippen molar-refractivity contribution in [1.82, 2.24) is 19.8 Å². The van der Waals surface area contributed by atoms with Crippen LogP contribution in [0, 0.1) is 0 Å². The summed E-state index contributed by atoms with van der Waals surface area (Å²) in [6, 6.07) is 3.08. The van der Waals surface area contributed by atoms with E-state index in [2.05, 4.69) is 20.8 Å². The number of carbonyl (C=O) groups is 1. The number of aromatic nitrogens is 2. The van der Waals surface area contributed by atoms with Crippen molar-refractivity contribution in [2.45, 2.75) is 0 Å². The van der Waals surface area contributed by atoms with Gasteiger partial charge in [0.25, 0.3) is 5.91 Å². The summed E-state index contributed by atoms with van der Waals surface area (Å²) in [6.07, 6.45) is 0. The zero-order valence-corrected chi connectivity index (χ0v) is 11.9. The maximum absolute atomic E-state index is 11.5. The van der Waals surface area contributed by atoms with Gasteiger partial charge in [0.05, 0.1) is 5.75 Å². The van der Waals surface area contributed by atoms with Crippen LogP contribution >= 0.6 is 0 Å². The van der Waals surface area contributed by atoms with E-state index in [9.17, 15) is 13.2 Å². The predicted molar refractivity (Wildman–Crippen MR) is 71.4 cm³/mol. The second kappa shape index (κ2) is 6.43. The van der Waals surface area contributed by atoms with Crippen LogP contribution in [0.1, 0.15) is 10.5 Å². The summed E-state index contributed by atoms with van der Waals surface area (Å²) in [5, 5.41) is 12.8. The lowest BCUT2D eigenvalue weighted by Crippen LogP contribution is -2.28. The third-order valence-electron chi connectivity index (χ3n) is 2.35. The number of nitrogens with zero attached hydrogens (tertiary/aromatic N) is 3. The summed E-state index contributed by atoms with van der Waals surface area (Å²) in [6.45, 7) is 0.217. The second-order valence-corrected chi connectivity index (χ2v) is 6.21. The number of amides is 1. The Balaban J connectivity index is 2.54. The van der Waals surface area contributed by atoms with Gasteiger partial charge in [-0.05, 0) is 12.1 Å². The van der Waals surface area contributed by atoms with E-state index in [1.807, 2.05) is 0 Å². The second-order valence-electron chi connectivity index (χ2n) is 3.91. The molecule has 0 bridgehead atoms. The van der Waals surface area contributed by atoms with Gasteiger partial charge in [-0.3, -0.25) is 4.79 Å². The van der Waals surface area contributed by atoms with Gasteiger partial charge >= 0.3 is 0 Å². The smallest absolute Gasteiger partial charge is 0.271 e. The number of anilines is 1. The van der Waals surface area contributed by atoms with E-state index in [4.69, 9.17) is 0 Å². The van der Waals surface area contributed by atoms with Crippen molar-refractivity contribution in [3.63, 3.8) is 0 Å². The highest BCUT2D eigenvalue weighted by molar-refractivity contribution is 7.89. The minimum atomic E-state index is -3.24. The molecule has 9 heteroatoms. The van der Waals surface area contributed by atoms with Gasteiger partial charge in [-0.15, -0.1) is 10.2 Å². The summed E-state index contributed by atoms with van der Waals surface area (Å²) < 4.78 is 24.2. The number of hydrogen-bond acceptors (Lipinski definition) is 6. The Labute approximate surface area is 112 Å². The van der Waals surface area contributed by atoms with E-state index < -0.39 is 10.0 Å². The first-order valence-corrected chi connectivity index (χ1v) is 7.17. The van der Waals surface area contributed by atoms with Crippen molar-refractivity contribution in [2.24, 2.45) is 0 Å². The molecule has 19 heavy (non-hydrogen) atoms. The van der Waals surface area contributed by atoms with Crippen LogP contribution < -0.4 is 10.6 Å². The zero-order valence-electron chi connectivity index (χ0n) is 11.0. The van der Waals surface area contributed by atoms with Gasteiger partial charge in [-0.2, -0.15) is 0 Å². The average molecular weight is 287 g/mol. The molecule has 0 unspecified atom stereocenters. The molecule has 0 aromatic carbocycles. The number of nitrogens with one attached hydrogen (secondary N) is 2. The van der Waals surface area contributed by atoms with Crippen LogP contribution in [0.25, 0.3) is 0 Å². The van der Waals surface area contributed by atoms with Crippen LogP contribution in [0.3, 0.4) is 0 Å². The van der Waals surface area contributed by atoms with E-state index in [1.54, 1.807) is 6.07 Å². The van der Waals surface area contributed by atoms with Gasteiger partial charge < -0.3 is 10.6 Å². The molecule has 0 aliphatic heterocycles. The molecular formula is C10H17N5O3S. The lowest BCUT2D eigenvalue weighted by molar-refractivity contribution is 0.0957. The Morgan fingerprint density at radius 2 is 2.00 bits per heavy atom. The molecule has 1 heterocycles. The monoisotopic (exact) mass is 287 g/mol. The van der Waals surface area contributed by atoms with Crippen LogP contribution in [0.4, 0.5) is 5.82 Å². The third-order valence-corrected chi connectivity index (χ3v) is 4.18. The van der Waals surface area contributed by atoms with E-state index >= 15 is 0 Å². The van der Waals surface area contributed by atoms with Crippen LogP contribution in [0.2, 0.25) is 0 Å². The highest BCUT2D eigenvalue weighted by atomic mass is 32.2. The quantitative estimate of drug-likeness (QED) is 0.705. The Morgan fingerprint density at radius 3 is 2.47 bits per heavy atom. The fourth-order valence-electron chi connectivity index (χ4n) is 1.17. The summed E-state index contributed by atoms with van der Waals surface area (Å²) in [4.78, 5) is 11.2. The molecule has 1 rings (SSSR count). The molecule has 106 valence electrons. The number of sulfonamides is 1. The first kappa shape index (κ1) is 15.3. The van der Waals surface area contributed by atoms with E-state index in [0.717, 1.165) is 4.31 Å². The SMILES string of the molecule is CNC(=O)c1ccc(NCCS(=O)(=O)N(C)C)nn1. The molecule has 0 saturated heterocycles. The number of carbonyl (C=O) groups excluding carboxylic acids is 1. The third kappa shape index (κ3) is 4.45. The molecule has 0 aliphatic carbocycles. The molecule has 0 spiro atoms. The van der Waals surface area contributed by atoms with Gasteiger partial charge in [0, 0.05) is 27.7 Å². The van der Waals surface area contributed by atoms with Crippen molar-refractivity contribution >= 4 is 21.7 Å². The Hall–Kier alpha value is -1.74. The van der Waals surface area contributed by atoms with E-state index in [-0.39, 0.29) is 23.9 Å². The van der Waals surface area contributed by atoms with Crippen LogP contribution in [0.15, 0.2) is 12.1 Å². The molecule has 0 atom stereocenters.